The van der Waals surface area contributed by atoms with Crippen molar-refractivity contribution in [1.82, 2.24) is 43.6 Å². The van der Waals surface area contributed by atoms with Gasteiger partial charge in [-0.15, -0.1) is 41.3 Å². The van der Waals surface area contributed by atoms with Crippen LogP contribution in [0.1, 0.15) is 33.4 Å². The normalized spacial score (nSPS) is 12.0. The molecule has 0 saturated heterocycles. The summed E-state index contributed by atoms with van der Waals surface area (Å²) in [5.41, 5.74) is 28.1. The topological polar surface area (TPSA) is 111 Å². The molecular formula is C108H71BrN12Pt. The largest absolute Gasteiger partial charge is 2.00 e. The van der Waals surface area contributed by atoms with Gasteiger partial charge in [-0.25, -0.2) is 15.0 Å². The minimum atomic E-state index is 0. The number of hydrogen-bond donors (Lipinski definition) is 1. The Labute approximate surface area is 727 Å². The van der Waals surface area contributed by atoms with E-state index in [4.69, 9.17) is 9.97 Å². The summed E-state index contributed by atoms with van der Waals surface area (Å²) in [6, 6.07) is 129. The zero-order chi connectivity index (χ0) is 80.5. The molecule has 12 aromatic carbocycles. The summed E-state index contributed by atoms with van der Waals surface area (Å²) in [5, 5.41) is 10.7. The third-order valence-corrected chi connectivity index (χ3v) is 22.8. The second kappa shape index (κ2) is 33.3. The molecule has 14 heteroatoms. The summed E-state index contributed by atoms with van der Waals surface area (Å²) >= 11 is 3.56. The van der Waals surface area contributed by atoms with Crippen LogP contribution in [0, 0.1) is 12.1 Å². The number of nitrogens with zero attached hydrogens (tertiary/aromatic N) is 11. The van der Waals surface area contributed by atoms with Crippen LogP contribution < -0.4 is 15.1 Å². The van der Waals surface area contributed by atoms with E-state index < -0.39 is 0 Å². The molecular weight excluding hydrogens is 1740 g/mol. The van der Waals surface area contributed by atoms with Crippen molar-refractivity contribution in [2.24, 2.45) is 0 Å². The van der Waals surface area contributed by atoms with Gasteiger partial charge in [0, 0.05) is 103 Å². The number of pyridine rings is 6. The molecule has 9 aromatic heterocycles. The van der Waals surface area contributed by atoms with Gasteiger partial charge in [-0.05, 0) is 184 Å². The van der Waals surface area contributed by atoms with E-state index in [1.54, 1.807) is 0 Å². The van der Waals surface area contributed by atoms with Gasteiger partial charge >= 0.3 is 21.1 Å². The number of hydrogen-bond acceptors (Lipinski definition) is 9. The molecule has 0 spiro atoms. The second-order valence-corrected chi connectivity index (χ2v) is 30.4. The Kier molecular flexibility index (Phi) is 20.6. The fourth-order valence-electron chi connectivity index (χ4n) is 16.7. The first-order chi connectivity index (χ1) is 59.9. The van der Waals surface area contributed by atoms with Gasteiger partial charge < -0.3 is 24.7 Å². The molecule has 0 saturated carbocycles. The van der Waals surface area contributed by atoms with Gasteiger partial charge in [-0.1, -0.05) is 257 Å². The predicted octanol–water partition coefficient (Wildman–Crippen LogP) is 27.9. The van der Waals surface area contributed by atoms with E-state index in [2.05, 4.69) is 362 Å². The van der Waals surface area contributed by atoms with E-state index in [0.717, 1.165) is 145 Å². The summed E-state index contributed by atoms with van der Waals surface area (Å²) < 4.78 is 7.74. The van der Waals surface area contributed by atoms with E-state index in [1.807, 2.05) is 140 Å². The third-order valence-electron chi connectivity index (χ3n) is 22.3. The molecule has 0 aliphatic carbocycles. The minimum absolute atomic E-state index is 0. The molecule has 12 heterocycles. The van der Waals surface area contributed by atoms with Gasteiger partial charge in [-0.2, -0.15) is 6.07 Å². The Balaban J connectivity index is 0.000000108. The summed E-state index contributed by atoms with van der Waals surface area (Å²) in [4.78, 5) is 32.2. The number of nitrogens with one attached hydrogen (secondary N) is 1. The Morgan fingerprint density at radius 2 is 0.697 bits per heavy atom. The number of rotatable bonds is 8. The minimum Gasteiger partial charge on any atom is -0.355 e. The molecule has 0 bridgehead atoms. The fraction of sp³-hybridized carbons (Fsp3) is 0. The maximum Gasteiger partial charge on any atom is 2.00 e. The van der Waals surface area contributed by atoms with Crippen LogP contribution in [-0.4, -0.2) is 43.6 Å². The average molecular weight is 1810 g/mol. The van der Waals surface area contributed by atoms with Crippen molar-refractivity contribution < 1.29 is 21.1 Å². The van der Waals surface area contributed by atoms with Crippen molar-refractivity contribution >= 4 is 163 Å². The molecule has 0 amide bonds. The first kappa shape index (κ1) is 75.5. The number of fused-ring (bicyclic) bond motifs is 15. The summed E-state index contributed by atoms with van der Waals surface area (Å²) in [6.07, 6.45) is 24.0. The molecule has 0 fully saturated rings. The van der Waals surface area contributed by atoms with Crippen LogP contribution in [-0.2, 0) is 21.1 Å². The average Bonchev–Trinajstić information content (AvgIpc) is 1.67. The van der Waals surface area contributed by atoms with E-state index in [0.29, 0.717) is 0 Å². The van der Waals surface area contributed by atoms with Gasteiger partial charge in [-0.3, -0.25) is 19.1 Å². The third kappa shape index (κ3) is 14.4. The van der Waals surface area contributed by atoms with E-state index in [-0.39, 0.29) is 21.1 Å². The van der Waals surface area contributed by atoms with Crippen molar-refractivity contribution in [3.63, 3.8) is 0 Å². The van der Waals surface area contributed by atoms with Crippen molar-refractivity contribution in [1.29, 1.82) is 0 Å². The van der Waals surface area contributed by atoms with Gasteiger partial charge in [0.2, 0.25) is 0 Å². The van der Waals surface area contributed by atoms with E-state index in [1.165, 1.54) is 54.7 Å². The zero-order valence-electron chi connectivity index (χ0n) is 65.5. The molecule has 580 valence electrons. The Morgan fingerprint density at radius 1 is 0.270 bits per heavy atom. The van der Waals surface area contributed by atoms with Crippen LogP contribution in [0.4, 0.5) is 45.5 Å². The smallest absolute Gasteiger partial charge is 0.355 e. The summed E-state index contributed by atoms with van der Waals surface area (Å²) in [7, 11) is 0. The molecule has 12 nitrogen and oxygen atoms in total. The van der Waals surface area contributed by atoms with Crippen molar-refractivity contribution in [3.05, 3.63) is 439 Å². The van der Waals surface area contributed by atoms with Crippen LogP contribution in [0.25, 0.3) is 153 Å². The molecule has 3 aliphatic rings. The van der Waals surface area contributed by atoms with Crippen molar-refractivity contribution in [2.45, 2.75) is 0 Å². The van der Waals surface area contributed by atoms with Crippen LogP contribution in [0.15, 0.2) is 394 Å². The number of para-hydroxylation sites is 6. The fourth-order valence-corrected chi connectivity index (χ4v) is 17.0. The first-order valence-electron chi connectivity index (χ1n) is 40.1. The zero-order valence-corrected chi connectivity index (χ0v) is 69.4. The van der Waals surface area contributed by atoms with Gasteiger partial charge in [0.15, 0.2) is 0 Å². The number of anilines is 8. The van der Waals surface area contributed by atoms with Gasteiger partial charge in [0.25, 0.3) is 0 Å². The van der Waals surface area contributed by atoms with Crippen molar-refractivity contribution in [2.75, 3.05) is 15.1 Å². The quantitative estimate of drug-likeness (QED) is 0.149. The van der Waals surface area contributed by atoms with Crippen LogP contribution in [0.5, 0.6) is 0 Å². The SMILES string of the molecule is Brc1ccc2c3ccccc3n(-c3ccccn3)c2c1.C1=Cc2ccc(-c3ccccn3)cc2N(c2ccc3c4ccccc4n(-c4ccccn4)c3c2)c2ccccc21.C1=Cc2ccc(-c3ccccn3)cc2Nc2ccccc21.[Pt+2].[c-]1c(-c2ccccn2)ccc2c1N(c1[c-]c3c(cc1)c1ccccc1n3-c1ccccn1)c1ccccc1C=C2. The maximum atomic E-state index is 4.73. The first-order valence-corrected chi connectivity index (χ1v) is 40.9. The van der Waals surface area contributed by atoms with Crippen LogP contribution >= 0.6 is 15.9 Å². The maximum absolute atomic E-state index is 4.73. The Bertz CT molecular complexity index is 7280. The molecule has 21 aromatic rings. The number of halogens is 1. The molecule has 122 heavy (non-hydrogen) atoms. The molecule has 3 aliphatic heterocycles. The molecule has 24 rings (SSSR count). The number of aromatic nitrogens is 9. The van der Waals surface area contributed by atoms with E-state index >= 15 is 0 Å². The standard InChI is InChI=1S/C36H24N4.C36H22N4.C19H14N2.C17H11BrN2.Pt/c2*1-3-12-32-25(9-1)15-16-26-17-18-27(31-11-5-7-21-37-31)23-34(26)39(32)28-19-20-30-29-10-2-4-13-33(29)40(35(30)24-28)36-14-6-8-22-38-36;1-2-7-18-14(5-1)8-9-15-10-11-16(13-19(15)21-18)17-6-3-4-12-20-17;18-12-8-9-14-13-5-1-2-6-15(13)20(16(14)11-12)17-7-3-4-10-19-17;/h1-24H;1-22H;1-13,21H;1-11H;/q;-2;;;+2. The second-order valence-electron chi connectivity index (χ2n) is 29.5. The van der Waals surface area contributed by atoms with Gasteiger partial charge in [0.05, 0.1) is 44.8 Å². The Morgan fingerprint density at radius 3 is 1.29 bits per heavy atom. The van der Waals surface area contributed by atoms with Crippen LogP contribution in [0.3, 0.4) is 0 Å². The Hall–Kier alpha value is -15.3. The molecule has 0 unspecified atom stereocenters. The summed E-state index contributed by atoms with van der Waals surface area (Å²) in [6.45, 7) is 0. The number of benzene rings is 12. The van der Waals surface area contributed by atoms with Gasteiger partial charge in [0.1, 0.15) is 17.5 Å². The monoisotopic (exact) mass is 1810 g/mol. The molecule has 0 radical (unpaired) electrons. The van der Waals surface area contributed by atoms with Crippen molar-refractivity contribution in [3.8, 4) is 51.2 Å². The van der Waals surface area contributed by atoms with Crippen LogP contribution in [0.2, 0.25) is 0 Å². The molecule has 1 N–H and O–H groups in total. The summed E-state index contributed by atoms with van der Waals surface area (Å²) in [5.74, 6) is 2.71. The van der Waals surface area contributed by atoms with E-state index in [9.17, 15) is 0 Å². The predicted molar refractivity (Wildman–Crippen MR) is 503 cm³/mol. The molecule has 0 atom stereocenters.